The zero-order valence-corrected chi connectivity index (χ0v) is 14.1. The summed E-state index contributed by atoms with van der Waals surface area (Å²) in [7, 11) is 1.60. The van der Waals surface area contributed by atoms with Crippen LogP contribution in [0.3, 0.4) is 0 Å². The molecule has 0 unspecified atom stereocenters. The predicted octanol–water partition coefficient (Wildman–Crippen LogP) is 3.26. The van der Waals surface area contributed by atoms with Gasteiger partial charge >= 0.3 is 0 Å². The van der Waals surface area contributed by atoms with Crippen molar-refractivity contribution < 1.29 is 14.6 Å². The highest BCUT2D eigenvalue weighted by molar-refractivity contribution is 9.11. The second kappa shape index (κ2) is 7.11. The topological polar surface area (TPSA) is 49.8 Å². The predicted molar refractivity (Wildman–Crippen MR) is 91.3 cm³/mol. The van der Waals surface area contributed by atoms with E-state index in [0.29, 0.717) is 17.3 Å². The number of carbonyl (C=O) groups excluding carboxylic acids is 1. The van der Waals surface area contributed by atoms with E-state index in [1.165, 1.54) is 0 Å². The van der Waals surface area contributed by atoms with Gasteiger partial charge in [0.1, 0.15) is 5.75 Å². The molecule has 1 amide bonds. The molecule has 1 N–H and O–H groups in total. The number of hydrogen-bond acceptors (Lipinski definition) is 3. The van der Waals surface area contributed by atoms with E-state index in [1.54, 1.807) is 30.2 Å². The lowest BCUT2D eigenvalue weighted by molar-refractivity contribution is -0.133. The number of benzene rings is 1. The zero-order valence-electron chi connectivity index (χ0n) is 12.5. The average Bonchev–Trinajstić information content (AvgIpc) is 2.49. The van der Waals surface area contributed by atoms with Crippen molar-refractivity contribution in [1.29, 1.82) is 0 Å². The number of anilines is 1. The molecule has 1 aromatic carbocycles. The molecule has 1 aliphatic heterocycles. The number of aliphatic hydroxyl groups is 1. The van der Waals surface area contributed by atoms with Crippen LogP contribution in [0.15, 0.2) is 48.0 Å². The number of halogens is 1. The Labute approximate surface area is 139 Å². The fourth-order valence-electron chi connectivity index (χ4n) is 2.82. The van der Waals surface area contributed by atoms with Crippen LogP contribution in [0.5, 0.6) is 5.75 Å². The van der Waals surface area contributed by atoms with E-state index in [1.807, 2.05) is 12.1 Å². The maximum absolute atomic E-state index is 12.4. The number of nitrogens with zero attached hydrogens (tertiary/aromatic N) is 1. The SMILES string of the molecule is C=CC[C@H]1C(=O)N(c2ccc(OC)cc2)[C@H]1[C@H](O)CC(=C)Br. The molecule has 1 fully saturated rings. The van der Waals surface area contributed by atoms with E-state index in [9.17, 15) is 9.90 Å². The Morgan fingerprint density at radius 1 is 1.50 bits per heavy atom. The van der Waals surface area contributed by atoms with Gasteiger partial charge in [0.25, 0.3) is 0 Å². The normalized spacial score (nSPS) is 22.0. The van der Waals surface area contributed by atoms with Crippen LogP contribution < -0.4 is 9.64 Å². The van der Waals surface area contributed by atoms with Crippen molar-refractivity contribution >= 4 is 27.5 Å². The van der Waals surface area contributed by atoms with Crippen LogP contribution in [0.4, 0.5) is 5.69 Å². The highest BCUT2D eigenvalue weighted by Crippen LogP contribution is 2.38. The number of carbonyl (C=O) groups is 1. The standard InChI is InChI=1S/C17H20BrNO3/c1-4-5-14-16(15(20)10-11(2)18)19(17(14)21)12-6-8-13(22-3)9-7-12/h4,6-9,14-16,20H,1-2,5,10H2,3H3/t14-,15-,16-/m1/s1. The van der Waals surface area contributed by atoms with E-state index in [-0.39, 0.29) is 17.9 Å². The maximum atomic E-state index is 12.4. The average molecular weight is 366 g/mol. The van der Waals surface area contributed by atoms with E-state index in [4.69, 9.17) is 4.74 Å². The molecular weight excluding hydrogens is 346 g/mol. The third kappa shape index (κ3) is 3.25. The van der Waals surface area contributed by atoms with Gasteiger partial charge in [-0.25, -0.2) is 0 Å². The molecule has 0 saturated carbocycles. The molecule has 1 heterocycles. The number of methoxy groups -OCH3 is 1. The smallest absolute Gasteiger partial charge is 0.232 e. The Bertz CT molecular complexity index is 570. The summed E-state index contributed by atoms with van der Waals surface area (Å²) in [5.74, 6) is 0.501. The summed E-state index contributed by atoms with van der Waals surface area (Å²) in [5.41, 5.74) is 0.760. The molecule has 5 heteroatoms. The van der Waals surface area contributed by atoms with Gasteiger partial charge in [0.15, 0.2) is 0 Å². The van der Waals surface area contributed by atoms with E-state index in [0.717, 1.165) is 11.4 Å². The van der Waals surface area contributed by atoms with Crippen molar-refractivity contribution in [1.82, 2.24) is 0 Å². The van der Waals surface area contributed by atoms with Crippen LogP contribution in [0.1, 0.15) is 12.8 Å². The molecule has 118 valence electrons. The summed E-state index contributed by atoms with van der Waals surface area (Å²) >= 11 is 3.27. The molecule has 0 aromatic heterocycles. The third-order valence-corrected chi connectivity index (χ3v) is 4.18. The lowest BCUT2D eigenvalue weighted by Crippen LogP contribution is -2.65. The second-order valence-corrected chi connectivity index (χ2v) is 6.44. The molecular formula is C17H20BrNO3. The van der Waals surface area contributed by atoms with Crippen LogP contribution in [0.25, 0.3) is 0 Å². The number of ether oxygens (including phenoxy) is 1. The van der Waals surface area contributed by atoms with Crippen molar-refractivity contribution in [3.05, 3.63) is 48.0 Å². The molecule has 4 nitrogen and oxygen atoms in total. The quantitative estimate of drug-likeness (QED) is 0.595. The molecule has 1 saturated heterocycles. The lowest BCUT2D eigenvalue weighted by Gasteiger charge is -2.49. The molecule has 0 spiro atoms. The van der Waals surface area contributed by atoms with Crippen molar-refractivity contribution in [3.63, 3.8) is 0 Å². The first-order chi connectivity index (χ1) is 10.5. The molecule has 22 heavy (non-hydrogen) atoms. The molecule has 3 atom stereocenters. The van der Waals surface area contributed by atoms with E-state index < -0.39 is 6.10 Å². The molecule has 1 aliphatic rings. The van der Waals surface area contributed by atoms with Crippen LogP contribution in [0, 0.1) is 5.92 Å². The Morgan fingerprint density at radius 3 is 2.64 bits per heavy atom. The van der Waals surface area contributed by atoms with Crippen LogP contribution in [-0.4, -0.2) is 30.3 Å². The summed E-state index contributed by atoms with van der Waals surface area (Å²) in [6.45, 7) is 7.46. The third-order valence-electron chi connectivity index (χ3n) is 3.86. The largest absolute Gasteiger partial charge is 0.497 e. The summed E-state index contributed by atoms with van der Waals surface area (Å²) in [6, 6.07) is 6.98. The van der Waals surface area contributed by atoms with E-state index in [2.05, 4.69) is 29.1 Å². The van der Waals surface area contributed by atoms with Gasteiger partial charge in [-0.2, -0.15) is 0 Å². The Balaban J connectivity index is 2.24. The van der Waals surface area contributed by atoms with Gasteiger partial charge in [0.2, 0.25) is 5.91 Å². The van der Waals surface area contributed by atoms with Crippen LogP contribution >= 0.6 is 15.9 Å². The summed E-state index contributed by atoms with van der Waals surface area (Å²) in [5, 5.41) is 10.4. The minimum Gasteiger partial charge on any atom is -0.497 e. The minimum absolute atomic E-state index is 0.00861. The monoisotopic (exact) mass is 365 g/mol. The summed E-state index contributed by atoms with van der Waals surface area (Å²) in [4.78, 5) is 14.1. The number of amides is 1. The van der Waals surface area contributed by atoms with Crippen molar-refractivity contribution in [3.8, 4) is 5.75 Å². The highest BCUT2D eigenvalue weighted by atomic mass is 79.9. The molecule has 2 rings (SSSR count). The molecule has 0 aliphatic carbocycles. The van der Waals surface area contributed by atoms with Gasteiger partial charge in [-0.15, -0.1) is 6.58 Å². The van der Waals surface area contributed by atoms with E-state index >= 15 is 0 Å². The van der Waals surface area contributed by atoms with Crippen molar-refractivity contribution in [2.24, 2.45) is 5.92 Å². The van der Waals surface area contributed by atoms with Crippen LogP contribution in [0.2, 0.25) is 0 Å². The minimum atomic E-state index is -0.670. The Hall–Kier alpha value is -1.59. The van der Waals surface area contributed by atoms with Gasteiger partial charge in [0.05, 0.1) is 25.2 Å². The first-order valence-corrected chi connectivity index (χ1v) is 7.88. The highest BCUT2D eigenvalue weighted by Gasteiger charge is 2.50. The zero-order chi connectivity index (χ0) is 16.3. The molecule has 0 radical (unpaired) electrons. The fraction of sp³-hybridized carbons (Fsp3) is 0.353. The summed E-state index contributed by atoms with van der Waals surface area (Å²) < 4.78 is 5.84. The van der Waals surface area contributed by atoms with Crippen molar-refractivity contribution in [2.45, 2.75) is 25.0 Å². The van der Waals surface area contributed by atoms with Crippen LogP contribution in [-0.2, 0) is 4.79 Å². The number of aliphatic hydroxyl groups excluding tert-OH is 1. The Kier molecular flexibility index (Phi) is 5.42. The van der Waals surface area contributed by atoms with Gasteiger partial charge in [-0.1, -0.05) is 28.6 Å². The number of allylic oxidation sites excluding steroid dienone is 1. The Morgan fingerprint density at radius 2 is 2.14 bits per heavy atom. The molecule has 1 aromatic rings. The lowest BCUT2D eigenvalue weighted by atomic mass is 9.79. The van der Waals surface area contributed by atoms with Crippen molar-refractivity contribution in [2.75, 3.05) is 12.0 Å². The first kappa shape index (κ1) is 16.8. The summed E-state index contributed by atoms with van der Waals surface area (Å²) in [6.07, 6.45) is 2.01. The second-order valence-electron chi connectivity index (χ2n) is 5.32. The number of rotatable bonds is 7. The molecule has 0 bridgehead atoms. The van der Waals surface area contributed by atoms with Gasteiger partial charge in [-0.3, -0.25) is 4.79 Å². The van der Waals surface area contributed by atoms with Gasteiger partial charge in [0, 0.05) is 12.1 Å². The van der Waals surface area contributed by atoms with Gasteiger partial charge in [-0.05, 0) is 35.2 Å². The fourth-order valence-corrected chi connectivity index (χ4v) is 3.15. The first-order valence-electron chi connectivity index (χ1n) is 7.09. The maximum Gasteiger partial charge on any atom is 0.232 e. The van der Waals surface area contributed by atoms with Gasteiger partial charge < -0.3 is 14.7 Å². The number of hydrogen-bond donors (Lipinski definition) is 1. The number of β-lactam (4-membered cyclic amide) rings is 1.